The van der Waals surface area contributed by atoms with Gasteiger partial charge in [-0.2, -0.15) is 0 Å². The van der Waals surface area contributed by atoms with E-state index in [1.165, 1.54) is 4.90 Å². The molecule has 8 heteroatoms. The van der Waals surface area contributed by atoms with Gasteiger partial charge in [0, 0.05) is 17.6 Å². The Kier molecular flexibility index (Phi) is 11.9. The molecular formula is C28H43N3O5. The van der Waals surface area contributed by atoms with Crippen molar-refractivity contribution in [1.82, 2.24) is 15.5 Å². The summed E-state index contributed by atoms with van der Waals surface area (Å²) in [7, 11) is 0. The maximum Gasteiger partial charge on any atom is 0.408 e. The second kappa shape index (κ2) is 13.9. The number of aliphatic hydroxyl groups excluding tert-OH is 1. The number of rotatable bonds is 11. The van der Waals surface area contributed by atoms with Gasteiger partial charge in [-0.25, -0.2) is 4.79 Å². The number of carbonyl (C=O) groups is 3. The number of hydrogen-bond acceptors (Lipinski definition) is 5. The lowest BCUT2D eigenvalue weighted by atomic mass is 9.96. The molecule has 0 saturated heterocycles. The molecule has 0 spiro atoms. The lowest BCUT2D eigenvalue weighted by Crippen LogP contribution is -2.57. The molecule has 36 heavy (non-hydrogen) atoms. The normalized spacial score (nSPS) is 13.9. The van der Waals surface area contributed by atoms with E-state index in [4.69, 9.17) is 11.2 Å². The molecule has 0 aliphatic heterocycles. The predicted octanol–water partition coefficient (Wildman–Crippen LogP) is 3.77. The molecule has 1 aromatic rings. The minimum Gasteiger partial charge on any atom is -0.444 e. The van der Waals surface area contributed by atoms with Crippen LogP contribution in [0.15, 0.2) is 24.3 Å². The van der Waals surface area contributed by atoms with Gasteiger partial charge in [0.2, 0.25) is 11.8 Å². The molecule has 3 amide bonds. The summed E-state index contributed by atoms with van der Waals surface area (Å²) in [5.41, 5.74) is 0.439. The highest BCUT2D eigenvalue weighted by molar-refractivity contribution is 5.92. The van der Waals surface area contributed by atoms with Crippen LogP contribution in [0.5, 0.6) is 0 Å². The first kappa shape index (κ1) is 31.0. The molecule has 0 bridgehead atoms. The molecule has 0 fully saturated rings. The number of ether oxygens (including phenoxy) is 1. The molecule has 3 atom stereocenters. The monoisotopic (exact) mass is 501 g/mol. The number of benzene rings is 1. The first-order chi connectivity index (χ1) is 16.7. The Balaban J connectivity index is 3.53. The van der Waals surface area contributed by atoms with Gasteiger partial charge in [-0.05, 0) is 78.0 Å². The van der Waals surface area contributed by atoms with E-state index in [9.17, 15) is 19.5 Å². The Bertz CT molecular complexity index is 913. The van der Waals surface area contributed by atoms with Crippen molar-refractivity contribution in [3.63, 3.8) is 0 Å². The molecule has 8 nitrogen and oxygen atoms in total. The smallest absolute Gasteiger partial charge is 0.408 e. The van der Waals surface area contributed by atoms with Gasteiger partial charge in [-0.15, -0.1) is 6.42 Å². The van der Waals surface area contributed by atoms with E-state index >= 15 is 0 Å². The molecule has 0 aliphatic rings. The van der Waals surface area contributed by atoms with Gasteiger partial charge in [0.25, 0.3) is 0 Å². The van der Waals surface area contributed by atoms with E-state index in [2.05, 4.69) is 30.4 Å². The van der Waals surface area contributed by atoms with Crippen molar-refractivity contribution in [2.45, 2.75) is 98.0 Å². The largest absolute Gasteiger partial charge is 0.444 e. The fourth-order valence-corrected chi connectivity index (χ4v) is 3.69. The highest BCUT2D eigenvalue weighted by Gasteiger charge is 2.38. The molecule has 3 unspecified atom stereocenters. The number of nitrogens with zero attached hydrogens (tertiary/aromatic N) is 1. The van der Waals surface area contributed by atoms with Gasteiger partial charge in [0.05, 0.1) is 6.61 Å². The van der Waals surface area contributed by atoms with Crippen LogP contribution in [0.2, 0.25) is 0 Å². The number of alkyl carbamates (subject to hydrolysis) is 1. The van der Waals surface area contributed by atoms with Crippen LogP contribution in [0.4, 0.5) is 4.79 Å². The number of carbonyl (C=O) groups excluding carboxylic acids is 3. The zero-order valence-electron chi connectivity index (χ0n) is 22.9. The van der Waals surface area contributed by atoms with Gasteiger partial charge in [0.1, 0.15) is 17.7 Å². The molecule has 200 valence electrons. The van der Waals surface area contributed by atoms with Crippen LogP contribution in [0.25, 0.3) is 0 Å². The van der Waals surface area contributed by atoms with Crippen molar-refractivity contribution in [2.24, 2.45) is 5.92 Å². The third-order valence-corrected chi connectivity index (χ3v) is 5.41. The van der Waals surface area contributed by atoms with Crippen molar-refractivity contribution in [3.8, 4) is 12.3 Å². The molecule has 0 heterocycles. The van der Waals surface area contributed by atoms with Gasteiger partial charge >= 0.3 is 6.09 Å². The molecule has 0 saturated carbocycles. The maximum atomic E-state index is 13.9. The van der Waals surface area contributed by atoms with Crippen molar-refractivity contribution >= 4 is 17.9 Å². The molecule has 3 N–H and O–H groups in total. The summed E-state index contributed by atoms with van der Waals surface area (Å²) in [6, 6.07) is 4.06. The van der Waals surface area contributed by atoms with Crippen molar-refractivity contribution in [3.05, 3.63) is 35.4 Å². The summed E-state index contributed by atoms with van der Waals surface area (Å²) in [4.78, 5) is 41.2. The number of hydrogen-bond donors (Lipinski definition) is 3. The van der Waals surface area contributed by atoms with Crippen LogP contribution >= 0.6 is 0 Å². The molecule has 0 aliphatic carbocycles. The zero-order chi connectivity index (χ0) is 27.6. The summed E-state index contributed by atoms with van der Waals surface area (Å²) in [6.45, 7) is 14.2. The Morgan fingerprint density at radius 2 is 1.61 bits per heavy atom. The number of aliphatic hydroxyl groups is 1. The SMILES string of the molecule is C#Cc1ccc(C(C(=O)NC(C)C)N(C(=O)C(CO)NC(=O)OC(C)(C)C)C(C)CCC(C)C)cc1. The van der Waals surface area contributed by atoms with Crippen molar-refractivity contribution in [1.29, 1.82) is 0 Å². The highest BCUT2D eigenvalue weighted by atomic mass is 16.6. The van der Waals surface area contributed by atoms with Crippen LogP contribution in [-0.4, -0.2) is 58.2 Å². The number of terminal acetylenes is 1. The number of nitrogens with one attached hydrogen (secondary N) is 2. The average molecular weight is 502 g/mol. The Morgan fingerprint density at radius 3 is 2.06 bits per heavy atom. The Labute approximate surface area is 216 Å². The predicted molar refractivity (Wildman–Crippen MR) is 141 cm³/mol. The van der Waals surface area contributed by atoms with E-state index in [1.807, 2.05) is 20.8 Å². The van der Waals surface area contributed by atoms with Crippen LogP contribution in [-0.2, 0) is 14.3 Å². The topological polar surface area (TPSA) is 108 Å². The van der Waals surface area contributed by atoms with Crippen LogP contribution in [0.3, 0.4) is 0 Å². The van der Waals surface area contributed by atoms with Crippen LogP contribution < -0.4 is 10.6 Å². The second-order valence-electron chi connectivity index (χ2n) is 10.8. The first-order valence-electron chi connectivity index (χ1n) is 12.5. The summed E-state index contributed by atoms with van der Waals surface area (Å²) in [5.74, 6) is 2.00. The summed E-state index contributed by atoms with van der Waals surface area (Å²) < 4.78 is 5.28. The quantitative estimate of drug-likeness (QED) is 0.400. The van der Waals surface area contributed by atoms with Gasteiger partial charge in [0.15, 0.2) is 0 Å². The van der Waals surface area contributed by atoms with Crippen molar-refractivity contribution < 1.29 is 24.2 Å². The Hall–Kier alpha value is -3.05. The minimum atomic E-state index is -1.29. The highest BCUT2D eigenvalue weighted by Crippen LogP contribution is 2.28. The summed E-state index contributed by atoms with van der Waals surface area (Å²) in [6.07, 6.45) is 6.12. The maximum absolute atomic E-state index is 13.9. The molecule has 1 aromatic carbocycles. The lowest BCUT2D eigenvalue weighted by molar-refractivity contribution is -0.146. The Morgan fingerprint density at radius 1 is 1.03 bits per heavy atom. The first-order valence-corrected chi connectivity index (χ1v) is 12.5. The molecule has 1 rings (SSSR count). The van der Waals surface area contributed by atoms with E-state index in [-0.39, 0.29) is 18.0 Å². The standard InChI is InChI=1S/C28H43N3O5/c1-10-21-13-15-22(16-14-21)24(25(33)29-19(4)5)31(20(6)12-11-18(2)3)26(34)23(17-32)30-27(35)36-28(7,8)9/h1,13-16,18-20,23-24,32H,11-12,17H2,2-9H3,(H,29,33)(H,30,35). The molecule has 0 radical (unpaired) electrons. The van der Waals surface area contributed by atoms with E-state index in [0.717, 1.165) is 6.42 Å². The minimum absolute atomic E-state index is 0.165. The number of amides is 3. The van der Waals surface area contributed by atoms with Crippen LogP contribution in [0, 0.1) is 18.3 Å². The summed E-state index contributed by atoms with van der Waals surface area (Å²) in [5, 5.41) is 15.4. The van der Waals surface area contributed by atoms with E-state index in [1.54, 1.807) is 45.0 Å². The molecular weight excluding hydrogens is 458 g/mol. The zero-order valence-corrected chi connectivity index (χ0v) is 22.9. The third-order valence-electron chi connectivity index (χ3n) is 5.41. The average Bonchev–Trinajstić information content (AvgIpc) is 2.77. The lowest BCUT2D eigenvalue weighted by Gasteiger charge is -2.38. The van der Waals surface area contributed by atoms with Gasteiger partial charge in [-0.1, -0.05) is 31.9 Å². The van der Waals surface area contributed by atoms with Crippen molar-refractivity contribution in [2.75, 3.05) is 6.61 Å². The summed E-state index contributed by atoms with van der Waals surface area (Å²) >= 11 is 0. The van der Waals surface area contributed by atoms with E-state index < -0.39 is 36.3 Å². The fourth-order valence-electron chi connectivity index (χ4n) is 3.69. The second-order valence-corrected chi connectivity index (χ2v) is 10.8. The van der Waals surface area contributed by atoms with Gasteiger partial charge in [-0.3, -0.25) is 9.59 Å². The fraction of sp³-hybridized carbons (Fsp3) is 0.607. The van der Waals surface area contributed by atoms with E-state index in [0.29, 0.717) is 23.5 Å². The van der Waals surface area contributed by atoms with Gasteiger partial charge < -0.3 is 25.4 Å². The molecule has 0 aromatic heterocycles. The third kappa shape index (κ3) is 9.90. The van der Waals surface area contributed by atoms with Crippen LogP contribution in [0.1, 0.15) is 85.4 Å².